The molecule has 1 rings (SSSR count). The van der Waals surface area contributed by atoms with Crippen LogP contribution in [0.2, 0.25) is 0 Å². The predicted molar refractivity (Wildman–Crippen MR) is 59.2 cm³/mol. The van der Waals surface area contributed by atoms with Crippen molar-refractivity contribution in [3.05, 3.63) is 34.9 Å². The van der Waals surface area contributed by atoms with E-state index in [2.05, 4.69) is 32.0 Å². The lowest BCUT2D eigenvalue weighted by Gasteiger charge is -2.05. The Balaban J connectivity index is 2.88. The van der Waals surface area contributed by atoms with E-state index in [4.69, 9.17) is 1.37 Å². The van der Waals surface area contributed by atoms with Gasteiger partial charge in [0.25, 0.3) is 0 Å². The van der Waals surface area contributed by atoms with E-state index in [1.54, 1.807) is 0 Å². The molecule has 1 aromatic carbocycles. The van der Waals surface area contributed by atoms with Crippen molar-refractivity contribution in [2.75, 3.05) is 0 Å². The SMILES string of the molecule is [2H]Cc1cc(CCC)cc(CCC)c1. The second-order valence-corrected chi connectivity index (χ2v) is 3.66. The molecule has 0 saturated heterocycles. The minimum Gasteiger partial charge on any atom is -0.0651 e. The molecule has 0 amide bonds. The van der Waals surface area contributed by atoms with Crippen molar-refractivity contribution in [2.45, 2.75) is 46.4 Å². The van der Waals surface area contributed by atoms with Crippen molar-refractivity contribution in [3.63, 3.8) is 0 Å². The summed E-state index contributed by atoms with van der Waals surface area (Å²) in [5.74, 6) is 0. The highest BCUT2D eigenvalue weighted by atomic mass is 14.0. The van der Waals surface area contributed by atoms with Gasteiger partial charge in [0.15, 0.2) is 0 Å². The first-order valence-corrected chi connectivity index (χ1v) is 5.21. The summed E-state index contributed by atoms with van der Waals surface area (Å²) in [4.78, 5) is 0. The van der Waals surface area contributed by atoms with Gasteiger partial charge in [-0.05, 0) is 30.9 Å². The molecule has 0 spiro atoms. The summed E-state index contributed by atoms with van der Waals surface area (Å²) in [7, 11) is 0. The molecule has 0 bridgehead atoms. The lowest BCUT2D eigenvalue weighted by atomic mass is 10.0. The highest BCUT2D eigenvalue weighted by Gasteiger charge is 1.97. The van der Waals surface area contributed by atoms with Gasteiger partial charge in [0, 0.05) is 1.37 Å². The van der Waals surface area contributed by atoms with Gasteiger partial charge in [-0.25, -0.2) is 0 Å². The van der Waals surface area contributed by atoms with Gasteiger partial charge in [-0.3, -0.25) is 0 Å². The van der Waals surface area contributed by atoms with E-state index in [-0.39, 0.29) is 0 Å². The van der Waals surface area contributed by atoms with Crippen LogP contribution in [0, 0.1) is 6.90 Å². The zero-order valence-corrected chi connectivity index (χ0v) is 8.77. The average Bonchev–Trinajstić information content (AvgIpc) is 2.18. The Morgan fingerprint density at radius 2 is 1.54 bits per heavy atom. The van der Waals surface area contributed by atoms with E-state index in [9.17, 15) is 0 Å². The second-order valence-electron chi connectivity index (χ2n) is 3.66. The zero-order valence-electron chi connectivity index (χ0n) is 9.77. The summed E-state index contributed by atoms with van der Waals surface area (Å²) in [6, 6.07) is 6.65. The molecule has 0 heterocycles. The molecule has 13 heavy (non-hydrogen) atoms. The van der Waals surface area contributed by atoms with E-state index in [1.807, 2.05) is 0 Å². The first-order valence-electron chi connectivity index (χ1n) is 5.91. The van der Waals surface area contributed by atoms with Crippen LogP contribution in [0.5, 0.6) is 0 Å². The summed E-state index contributed by atoms with van der Waals surface area (Å²) in [6.07, 6.45) is 4.66. The van der Waals surface area contributed by atoms with Gasteiger partial charge in [0.05, 0.1) is 0 Å². The summed E-state index contributed by atoms with van der Waals surface area (Å²) < 4.78 is 7.40. The van der Waals surface area contributed by atoms with Crippen LogP contribution in [0.4, 0.5) is 0 Å². The molecule has 0 aliphatic carbocycles. The van der Waals surface area contributed by atoms with Crippen LogP contribution in [0.1, 0.15) is 44.8 Å². The Morgan fingerprint density at radius 1 is 1.00 bits per heavy atom. The quantitative estimate of drug-likeness (QED) is 0.654. The van der Waals surface area contributed by atoms with Gasteiger partial charge >= 0.3 is 0 Å². The monoisotopic (exact) mass is 177 g/mol. The van der Waals surface area contributed by atoms with Gasteiger partial charge in [-0.2, -0.15) is 0 Å². The maximum absolute atomic E-state index is 7.40. The topological polar surface area (TPSA) is 0 Å². The molecule has 0 radical (unpaired) electrons. The summed E-state index contributed by atoms with van der Waals surface area (Å²) in [5.41, 5.74) is 3.97. The third kappa shape index (κ3) is 3.22. The fourth-order valence-electron chi connectivity index (χ4n) is 1.71. The molecule has 0 saturated carbocycles. The van der Waals surface area contributed by atoms with E-state index < -0.39 is 0 Å². The number of hydrogen-bond acceptors (Lipinski definition) is 0. The molecule has 0 N–H and O–H groups in total. The Bertz CT molecular complexity index is 254. The third-order valence-corrected chi connectivity index (χ3v) is 2.19. The minimum atomic E-state index is 0.411. The zero-order chi connectivity index (χ0) is 10.4. The second kappa shape index (κ2) is 5.06. The standard InChI is InChI=1S/C13H20/c1-4-6-12-8-11(3)9-13(10-12)7-5-2/h8-10H,4-7H2,1-3H3/i3D. The molecule has 72 valence electrons. The van der Waals surface area contributed by atoms with E-state index >= 15 is 0 Å². The number of benzene rings is 1. The molecular formula is C13H20. The first-order chi connectivity index (χ1) is 6.80. The maximum atomic E-state index is 7.40. The molecule has 0 atom stereocenters. The van der Waals surface area contributed by atoms with Gasteiger partial charge in [-0.1, -0.05) is 50.5 Å². The molecule has 1 aromatic rings. The van der Waals surface area contributed by atoms with Crippen molar-refractivity contribution in [3.8, 4) is 0 Å². The smallest absolute Gasteiger partial charge is 0.0280 e. The highest BCUT2D eigenvalue weighted by molar-refractivity contribution is 5.29. The minimum absolute atomic E-state index is 0.411. The van der Waals surface area contributed by atoms with Crippen molar-refractivity contribution in [1.29, 1.82) is 0 Å². The Hall–Kier alpha value is -0.780. The Kier molecular flexibility index (Phi) is 3.43. The predicted octanol–water partition coefficient (Wildman–Crippen LogP) is 3.90. The largest absolute Gasteiger partial charge is 0.0651 e. The number of rotatable bonds is 4. The van der Waals surface area contributed by atoms with Gasteiger partial charge in [0.1, 0.15) is 0 Å². The van der Waals surface area contributed by atoms with Gasteiger partial charge < -0.3 is 0 Å². The van der Waals surface area contributed by atoms with Gasteiger partial charge in [0.2, 0.25) is 0 Å². The molecule has 0 heteroatoms. The van der Waals surface area contributed by atoms with Crippen LogP contribution in [0.25, 0.3) is 0 Å². The van der Waals surface area contributed by atoms with E-state index in [0.717, 1.165) is 12.8 Å². The Morgan fingerprint density at radius 3 is 1.92 bits per heavy atom. The summed E-state index contributed by atoms with van der Waals surface area (Å²) >= 11 is 0. The molecule has 0 fully saturated rings. The maximum Gasteiger partial charge on any atom is 0.0280 e. The van der Waals surface area contributed by atoms with Crippen LogP contribution in [-0.4, -0.2) is 0 Å². The van der Waals surface area contributed by atoms with E-state index in [0.29, 0.717) is 6.90 Å². The van der Waals surface area contributed by atoms with Crippen LogP contribution in [0.3, 0.4) is 0 Å². The fraction of sp³-hybridized carbons (Fsp3) is 0.538. The van der Waals surface area contributed by atoms with Crippen molar-refractivity contribution >= 4 is 0 Å². The molecule has 0 aliphatic heterocycles. The van der Waals surface area contributed by atoms with Crippen LogP contribution >= 0.6 is 0 Å². The molecule has 0 nitrogen and oxygen atoms in total. The van der Waals surface area contributed by atoms with Crippen molar-refractivity contribution < 1.29 is 1.37 Å². The highest BCUT2D eigenvalue weighted by Crippen LogP contribution is 2.12. The van der Waals surface area contributed by atoms with E-state index in [1.165, 1.54) is 29.5 Å². The Labute approximate surface area is 83.4 Å². The molecular weight excluding hydrogens is 156 g/mol. The van der Waals surface area contributed by atoms with Crippen LogP contribution < -0.4 is 0 Å². The first kappa shape index (κ1) is 8.80. The number of hydrogen-bond donors (Lipinski definition) is 0. The normalized spacial score (nSPS) is 11.4. The fourth-order valence-corrected chi connectivity index (χ4v) is 1.71. The molecule has 0 aliphatic rings. The van der Waals surface area contributed by atoms with Crippen LogP contribution in [-0.2, 0) is 12.8 Å². The third-order valence-electron chi connectivity index (χ3n) is 2.19. The van der Waals surface area contributed by atoms with Crippen molar-refractivity contribution in [1.82, 2.24) is 0 Å². The molecule has 0 aromatic heterocycles. The van der Waals surface area contributed by atoms with Crippen LogP contribution in [0.15, 0.2) is 18.2 Å². The average molecular weight is 177 g/mol. The molecule has 0 unspecified atom stereocenters. The lowest BCUT2D eigenvalue weighted by Crippen LogP contribution is -1.90. The lowest BCUT2D eigenvalue weighted by molar-refractivity contribution is 0.892. The number of aryl methyl sites for hydroxylation is 3. The van der Waals surface area contributed by atoms with Gasteiger partial charge in [-0.15, -0.1) is 0 Å². The van der Waals surface area contributed by atoms with Crippen molar-refractivity contribution in [2.24, 2.45) is 0 Å². The summed E-state index contributed by atoms with van der Waals surface area (Å²) in [6.45, 7) is 4.81. The summed E-state index contributed by atoms with van der Waals surface area (Å²) in [5, 5.41) is 0.